The predicted octanol–water partition coefficient (Wildman–Crippen LogP) is 1.33. The van der Waals surface area contributed by atoms with Crippen molar-refractivity contribution in [2.75, 3.05) is 12.3 Å². The summed E-state index contributed by atoms with van der Waals surface area (Å²) in [6.07, 6.45) is 1.18. The van der Waals surface area contributed by atoms with E-state index in [0.717, 1.165) is 5.56 Å². The van der Waals surface area contributed by atoms with E-state index in [1.165, 1.54) is 4.90 Å². The number of rotatable bonds is 2. The van der Waals surface area contributed by atoms with Gasteiger partial charge in [0.05, 0.1) is 0 Å². The van der Waals surface area contributed by atoms with E-state index in [0.29, 0.717) is 30.7 Å². The molecule has 0 bridgehead atoms. The van der Waals surface area contributed by atoms with Gasteiger partial charge in [0.25, 0.3) is 5.91 Å². The number of benzene rings is 1. The van der Waals surface area contributed by atoms with Crippen LogP contribution in [0.3, 0.4) is 0 Å². The third-order valence-electron chi connectivity index (χ3n) is 4.80. The summed E-state index contributed by atoms with van der Waals surface area (Å²) in [5.41, 5.74) is 1.60. The first-order valence-corrected chi connectivity index (χ1v) is 8.71. The van der Waals surface area contributed by atoms with Crippen LogP contribution in [0, 0.1) is 0 Å². The van der Waals surface area contributed by atoms with Crippen LogP contribution in [0.25, 0.3) is 0 Å². The van der Waals surface area contributed by atoms with E-state index >= 15 is 0 Å². The highest BCUT2D eigenvalue weighted by molar-refractivity contribution is 7.99. The van der Waals surface area contributed by atoms with Gasteiger partial charge >= 0.3 is 5.97 Å². The normalized spacial score (nSPS) is 28.9. The average molecular weight is 332 g/mol. The molecular formula is C16H16N2O4S. The maximum atomic E-state index is 12.9. The molecule has 0 saturated carbocycles. The van der Waals surface area contributed by atoms with E-state index in [9.17, 15) is 19.5 Å². The molecule has 2 fully saturated rings. The summed E-state index contributed by atoms with van der Waals surface area (Å²) in [7, 11) is 0. The summed E-state index contributed by atoms with van der Waals surface area (Å²) in [4.78, 5) is 39.9. The highest BCUT2D eigenvalue weighted by Gasteiger charge is 2.50. The number of amides is 2. The van der Waals surface area contributed by atoms with Crippen molar-refractivity contribution in [3.05, 3.63) is 35.4 Å². The topological polar surface area (TPSA) is 77.9 Å². The number of likely N-dealkylation sites (tertiary alicyclic amines) is 1. The quantitative estimate of drug-likeness (QED) is 0.884. The first-order chi connectivity index (χ1) is 11.1. The molecule has 1 N–H and O–H groups in total. The smallest absolute Gasteiger partial charge is 0.326 e. The fraction of sp³-hybridized carbons (Fsp3) is 0.438. The van der Waals surface area contributed by atoms with Gasteiger partial charge in [-0.05, 0) is 24.5 Å². The van der Waals surface area contributed by atoms with Crippen LogP contribution in [0.5, 0.6) is 0 Å². The average Bonchev–Trinajstić information content (AvgIpc) is 3.24. The van der Waals surface area contributed by atoms with Crippen LogP contribution in [0.15, 0.2) is 24.3 Å². The second-order valence-corrected chi connectivity index (χ2v) is 7.14. The van der Waals surface area contributed by atoms with E-state index in [1.54, 1.807) is 22.7 Å². The summed E-state index contributed by atoms with van der Waals surface area (Å²) >= 11 is 1.57. The number of aliphatic carboxylic acids is 1. The molecular weight excluding hydrogens is 316 g/mol. The van der Waals surface area contributed by atoms with Crippen molar-refractivity contribution in [3.63, 3.8) is 0 Å². The summed E-state index contributed by atoms with van der Waals surface area (Å²) in [5, 5.41) is 9.15. The fourth-order valence-electron chi connectivity index (χ4n) is 3.71. The Hall–Kier alpha value is -2.02. The number of carboxylic acids is 1. The Bertz CT molecular complexity index is 707. The molecule has 0 unspecified atom stereocenters. The number of carbonyl (C=O) groups is 3. The molecule has 120 valence electrons. The minimum absolute atomic E-state index is 0.125. The molecule has 0 radical (unpaired) electrons. The van der Waals surface area contributed by atoms with Crippen LogP contribution in [0.1, 0.15) is 34.1 Å². The zero-order chi connectivity index (χ0) is 16.1. The van der Waals surface area contributed by atoms with Crippen LogP contribution in [-0.2, 0) is 9.59 Å². The van der Waals surface area contributed by atoms with Gasteiger partial charge in [0.2, 0.25) is 5.91 Å². The summed E-state index contributed by atoms with van der Waals surface area (Å²) in [6, 6.07) is 6.10. The molecule has 3 aliphatic heterocycles. The lowest BCUT2D eigenvalue weighted by atomic mass is 10.1. The Morgan fingerprint density at radius 3 is 2.78 bits per heavy atom. The van der Waals surface area contributed by atoms with Crippen molar-refractivity contribution in [1.29, 1.82) is 0 Å². The molecule has 0 aliphatic carbocycles. The zero-order valence-electron chi connectivity index (χ0n) is 12.3. The summed E-state index contributed by atoms with van der Waals surface area (Å²) in [5.74, 6) is -0.799. The van der Waals surface area contributed by atoms with Crippen LogP contribution in [0.2, 0.25) is 0 Å². The maximum Gasteiger partial charge on any atom is 0.326 e. The zero-order valence-corrected chi connectivity index (χ0v) is 13.2. The number of nitrogens with zero attached hydrogens (tertiary/aromatic N) is 2. The van der Waals surface area contributed by atoms with Crippen LogP contribution in [0.4, 0.5) is 0 Å². The van der Waals surface area contributed by atoms with Crippen LogP contribution >= 0.6 is 11.8 Å². The molecule has 3 aliphatic rings. The Balaban J connectivity index is 1.62. The molecule has 3 atom stereocenters. The Labute approximate surface area is 137 Å². The Morgan fingerprint density at radius 2 is 2.00 bits per heavy atom. The van der Waals surface area contributed by atoms with E-state index in [-0.39, 0.29) is 17.2 Å². The third kappa shape index (κ3) is 2.06. The van der Waals surface area contributed by atoms with Gasteiger partial charge in [0.1, 0.15) is 17.5 Å². The van der Waals surface area contributed by atoms with E-state index in [4.69, 9.17) is 0 Å². The highest BCUT2D eigenvalue weighted by atomic mass is 32.2. The van der Waals surface area contributed by atoms with Gasteiger partial charge < -0.3 is 14.9 Å². The van der Waals surface area contributed by atoms with Gasteiger partial charge in [-0.25, -0.2) is 4.79 Å². The second kappa shape index (κ2) is 5.26. The summed E-state index contributed by atoms with van der Waals surface area (Å²) in [6.45, 7) is 0.455. The molecule has 7 heteroatoms. The molecule has 0 spiro atoms. The van der Waals surface area contributed by atoms with Gasteiger partial charge in [-0.1, -0.05) is 18.2 Å². The highest BCUT2D eigenvalue weighted by Crippen LogP contribution is 2.48. The monoisotopic (exact) mass is 332 g/mol. The van der Waals surface area contributed by atoms with E-state index in [1.807, 2.05) is 18.2 Å². The SMILES string of the molecule is O=C(O)[C@@H]1CCCN1C(=O)[C@@H]1CS[C@H]2c3ccccc3C(=O)N12. The molecule has 4 rings (SSSR count). The number of carboxylic acid groups (broad SMARTS) is 1. The molecule has 0 aromatic heterocycles. The first kappa shape index (κ1) is 14.6. The summed E-state index contributed by atoms with van der Waals surface area (Å²) < 4.78 is 0. The molecule has 6 nitrogen and oxygen atoms in total. The van der Waals surface area contributed by atoms with Crippen molar-refractivity contribution in [1.82, 2.24) is 9.80 Å². The van der Waals surface area contributed by atoms with E-state index < -0.39 is 18.1 Å². The third-order valence-corrected chi connectivity index (χ3v) is 6.10. The molecule has 23 heavy (non-hydrogen) atoms. The minimum atomic E-state index is -0.964. The number of hydrogen-bond acceptors (Lipinski definition) is 4. The second-order valence-electron chi connectivity index (χ2n) is 6.03. The molecule has 2 amide bonds. The lowest BCUT2D eigenvalue weighted by Gasteiger charge is -2.29. The van der Waals surface area contributed by atoms with Crippen molar-refractivity contribution in [2.45, 2.75) is 30.3 Å². The van der Waals surface area contributed by atoms with Gasteiger partial charge in [-0.2, -0.15) is 0 Å². The maximum absolute atomic E-state index is 12.9. The lowest BCUT2D eigenvalue weighted by molar-refractivity contribution is -0.149. The van der Waals surface area contributed by atoms with Crippen molar-refractivity contribution < 1.29 is 19.5 Å². The number of hydrogen-bond donors (Lipinski definition) is 1. The van der Waals surface area contributed by atoms with Gasteiger partial charge in [0.15, 0.2) is 0 Å². The van der Waals surface area contributed by atoms with E-state index in [2.05, 4.69) is 0 Å². The van der Waals surface area contributed by atoms with Crippen molar-refractivity contribution in [2.24, 2.45) is 0 Å². The molecule has 2 saturated heterocycles. The largest absolute Gasteiger partial charge is 0.480 e. The van der Waals surface area contributed by atoms with Gasteiger partial charge in [-0.3, -0.25) is 9.59 Å². The predicted molar refractivity (Wildman–Crippen MR) is 84.0 cm³/mol. The number of fused-ring (bicyclic) bond motifs is 3. The van der Waals surface area contributed by atoms with Crippen LogP contribution in [-0.4, -0.2) is 57.1 Å². The molecule has 3 heterocycles. The molecule has 1 aromatic carbocycles. The fourth-order valence-corrected chi connectivity index (χ4v) is 5.17. The Morgan fingerprint density at radius 1 is 1.22 bits per heavy atom. The first-order valence-electron chi connectivity index (χ1n) is 7.66. The van der Waals surface area contributed by atoms with Crippen molar-refractivity contribution in [3.8, 4) is 0 Å². The van der Waals surface area contributed by atoms with Gasteiger partial charge in [0, 0.05) is 17.9 Å². The number of thioether (sulfide) groups is 1. The lowest BCUT2D eigenvalue weighted by Crippen LogP contribution is -2.51. The van der Waals surface area contributed by atoms with Gasteiger partial charge in [-0.15, -0.1) is 11.8 Å². The standard InChI is InChI=1S/C16H16N2O4S/c19-13-9-4-1-2-5-10(9)15-18(13)12(8-23-15)14(20)17-7-3-6-11(17)16(21)22/h1-2,4-5,11-12,15H,3,6-8H2,(H,21,22)/t11-,12-,15-/m0/s1. The number of carbonyl (C=O) groups excluding carboxylic acids is 2. The Kier molecular flexibility index (Phi) is 3.33. The van der Waals surface area contributed by atoms with Crippen LogP contribution < -0.4 is 0 Å². The molecule has 1 aromatic rings. The minimum Gasteiger partial charge on any atom is -0.480 e. The van der Waals surface area contributed by atoms with Crippen molar-refractivity contribution >= 4 is 29.5 Å².